The first-order chi connectivity index (χ1) is 12.9. The molecule has 0 unspecified atom stereocenters. The minimum absolute atomic E-state index is 0.0461. The number of carbonyl (C=O) groups is 2. The molecule has 2 amide bonds. The Labute approximate surface area is 159 Å². The van der Waals surface area contributed by atoms with Crippen molar-refractivity contribution in [2.45, 2.75) is 39.2 Å². The molecule has 1 saturated heterocycles. The summed E-state index contributed by atoms with van der Waals surface area (Å²) in [5.74, 6) is -0.148. The third-order valence-corrected chi connectivity index (χ3v) is 5.31. The molecule has 3 rings (SSSR count). The highest BCUT2D eigenvalue weighted by Crippen LogP contribution is 2.31. The lowest BCUT2D eigenvalue weighted by molar-refractivity contribution is -0.118. The third-order valence-electron chi connectivity index (χ3n) is 5.31. The average molecular weight is 372 g/mol. The topological polar surface area (TPSA) is 95.1 Å². The molecule has 3 N–H and O–H groups in total. The van der Waals surface area contributed by atoms with Crippen LogP contribution in [0.15, 0.2) is 12.1 Å². The van der Waals surface area contributed by atoms with Crippen LogP contribution in [0.5, 0.6) is 0 Å². The van der Waals surface area contributed by atoms with Crippen LogP contribution >= 0.6 is 0 Å². The Balaban J connectivity index is 1.75. The first kappa shape index (κ1) is 19.2. The number of rotatable bonds is 5. The summed E-state index contributed by atoms with van der Waals surface area (Å²) < 4.78 is 1.93. The van der Waals surface area contributed by atoms with Crippen molar-refractivity contribution in [1.82, 2.24) is 25.0 Å². The van der Waals surface area contributed by atoms with E-state index in [4.69, 9.17) is 0 Å². The molecule has 0 aliphatic carbocycles. The van der Waals surface area contributed by atoms with Gasteiger partial charge in [-0.05, 0) is 45.4 Å². The summed E-state index contributed by atoms with van der Waals surface area (Å²) in [6, 6.07) is 3.97. The average Bonchev–Trinajstić information content (AvgIpc) is 3.18. The number of piperidine rings is 1. The van der Waals surface area contributed by atoms with Crippen molar-refractivity contribution in [2.75, 3.05) is 25.5 Å². The fourth-order valence-corrected chi connectivity index (χ4v) is 3.83. The minimum Gasteiger partial charge on any atom is -0.354 e. The second-order valence-electron chi connectivity index (χ2n) is 7.12. The van der Waals surface area contributed by atoms with Crippen LogP contribution in [0.1, 0.15) is 52.9 Å². The number of aromatic nitrogens is 3. The lowest BCUT2D eigenvalue weighted by atomic mass is 9.99. The highest BCUT2D eigenvalue weighted by atomic mass is 16.2. The zero-order valence-corrected chi connectivity index (χ0v) is 16.4. The first-order valence-corrected chi connectivity index (χ1v) is 9.35. The fourth-order valence-electron chi connectivity index (χ4n) is 3.83. The first-order valence-electron chi connectivity index (χ1n) is 9.35. The molecule has 3 heterocycles. The largest absolute Gasteiger partial charge is 0.354 e. The number of likely N-dealkylation sites (tertiary alicyclic amines) is 1. The molecule has 146 valence electrons. The van der Waals surface area contributed by atoms with Gasteiger partial charge in [0.05, 0.1) is 29.7 Å². The molecule has 2 aromatic rings. The maximum absolute atomic E-state index is 12.6. The van der Waals surface area contributed by atoms with Gasteiger partial charge in [-0.1, -0.05) is 6.42 Å². The van der Waals surface area contributed by atoms with E-state index in [0.29, 0.717) is 12.2 Å². The highest BCUT2D eigenvalue weighted by Gasteiger charge is 2.29. The van der Waals surface area contributed by atoms with Gasteiger partial charge in [0, 0.05) is 19.8 Å². The predicted octanol–water partition coefficient (Wildman–Crippen LogP) is 1.89. The van der Waals surface area contributed by atoms with Gasteiger partial charge in [-0.15, -0.1) is 0 Å². The Kier molecular flexibility index (Phi) is 5.65. The van der Waals surface area contributed by atoms with Gasteiger partial charge in [0.15, 0.2) is 0 Å². The second-order valence-corrected chi connectivity index (χ2v) is 7.12. The Morgan fingerprint density at radius 1 is 1.30 bits per heavy atom. The number of hydrogen-bond acceptors (Lipinski definition) is 4. The summed E-state index contributed by atoms with van der Waals surface area (Å²) in [5.41, 5.74) is 4.10. The molecule has 0 aromatic carbocycles. The number of aromatic amines is 1. The number of amides is 2. The van der Waals surface area contributed by atoms with E-state index in [-0.39, 0.29) is 17.9 Å². The minimum atomic E-state index is -0.102. The molecule has 1 aliphatic heterocycles. The Hall–Kier alpha value is -2.61. The van der Waals surface area contributed by atoms with E-state index in [1.54, 1.807) is 7.05 Å². The van der Waals surface area contributed by atoms with Crippen molar-refractivity contribution in [1.29, 1.82) is 0 Å². The molecule has 0 radical (unpaired) electrons. The molecule has 27 heavy (non-hydrogen) atoms. The Bertz CT molecular complexity index is 818. The van der Waals surface area contributed by atoms with E-state index in [1.807, 2.05) is 37.6 Å². The molecule has 1 atom stereocenters. The summed E-state index contributed by atoms with van der Waals surface area (Å²) in [6.07, 6.45) is 3.16. The number of H-pyrrole nitrogens is 1. The van der Waals surface area contributed by atoms with Crippen LogP contribution in [0.25, 0.3) is 0 Å². The summed E-state index contributed by atoms with van der Waals surface area (Å²) in [5, 5.41) is 12.7. The van der Waals surface area contributed by atoms with Crippen molar-refractivity contribution in [3.05, 3.63) is 34.9 Å². The number of carbonyl (C=O) groups excluding carboxylic acids is 2. The number of aryl methyl sites for hydroxylation is 2. The maximum Gasteiger partial charge on any atom is 0.267 e. The van der Waals surface area contributed by atoms with Crippen molar-refractivity contribution >= 4 is 17.5 Å². The van der Waals surface area contributed by atoms with Gasteiger partial charge < -0.3 is 15.2 Å². The predicted molar refractivity (Wildman–Crippen MR) is 104 cm³/mol. The summed E-state index contributed by atoms with van der Waals surface area (Å²) in [7, 11) is 3.54. The highest BCUT2D eigenvalue weighted by molar-refractivity contribution is 5.93. The van der Waals surface area contributed by atoms with Crippen LogP contribution in [0.2, 0.25) is 0 Å². The van der Waals surface area contributed by atoms with Gasteiger partial charge in [0.2, 0.25) is 5.91 Å². The molecule has 1 aliphatic rings. The van der Waals surface area contributed by atoms with E-state index < -0.39 is 0 Å². The summed E-state index contributed by atoms with van der Waals surface area (Å²) in [6.45, 7) is 4.94. The van der Waals surface area contributed by atoms with E-state index in [1.165, 1.54) is 0 Å². The monoisotopic (exact) mass is 372 g/mol. The van der Waals surface area contributed by atoms with Crippen LogP contribution < -0.4 is 10.6 Å². The van der Waals surface area contributed by atoms with Crippen molar-refractivity contribution in [3.63, 3.8) is 0 Å². The van der Waals surface area contributed by atoms with E-state index >= 15 is 0 Å². The Morgan fingerprint density at radius 3 is 2.74 bits per heavy atom. The molecule has 0 saturated carbocycles. The standard InChI is InChI=1S/C19H28N6O2/c1-12-18(13(2)23-22-12)21-17(26)11-25-10-6-5-7-15(25)14-8-9-16(24(14)4)19(27)20-3/h8-9,15H,5-7,10-11H2,1-4H3,(H,20,27)(H,21,26)(H,22,23)/t15-/m1/s1. The van der Waals surface area contributed by atoms with Crippen LogP contribution in [-0.4, -0.2) is 51.6 Å². The van der Waals surface area contributed by atoms with Gasteiger partial charge in [-0.3, -0.25) is 19.6 Å². The van der Waals surface area contributed by atoms with Gasteiger partial charge in [0.25, 0.3) is 5.91 Å². The second kappa shape index (κ2) is 7.96. The van der Waals surface area contributed by atoms with Crippen molar-refractivity contribution < 1.29 is 9.59 Å². The summed E-state index contributed by atoms with van der Waals surface area (Å²) in [4.78, 5) is 26.9. The fraction of sp³-hybridized carbons (Fsp3) is 0.526. The van der Waals surface area contributed by atoms with E-state index in [2.05, 4.69) is 25.7 Å². The quantitative estimate of drug-likeness (QED) is 0.747. The molecule has 8 nitrogen and oxygen atoms in total. The van der Waals surface area contributed by atoms with Crippen LogP contribution in [-0.2, 0) is 11.8 Å². The molecule has 1 fully saturated rings. The number of nitrogens with zero attached hydrogens (tertiary/aromatic N) is 3. The third kappa shape index (κ3) is 3.90. The maximum atomic E-state index is 12.6. The van der Waals surface area contributed by atoms with E-state index in [9.17, 15) is 9.59 Å². The zero-order chi connectivity index (χ0) is 19.6. The number of anilines is 1. The van der Waals surface area contributed by atoms with Gasteiger partial charge in [-0.2, -0.15) is 5.10 Å². The molecular formula is C19H28N6O2. The van der Waals surface area contributed by atoms with Gasteiger partial charge in [-0.25, -0.2) is 0 Å². The van der Waals surface area contributed by atoms with Gasteiger partial charge in [0.1, 0.15) is 5.69 Å². The van der Waals surface area contributed by atoms with Gasteiger partial charge >= 0.3 is 0 Å². The molecule has 2 aromatic heterocycles. The molecule has 8 heteroatoms. The van der Waals surface area contributed by atoms with Crippen molar-refractivity contribution in [3.8, 4) is 0 Å². The zero-order valence-electron chi connectivity index (χ0n) is 16.4. The molecule has 0 spiro atoms. The number of nitrogens with one attached hydrogen (secondary N) is 3. The smallest absolute Gasteiger partial charge is 0.267 e. The number of hydrogen-bond donors (Lipinski definition) is 3. The SMILES string of the molecule is CNC(=O)c1ccc([C@H]2CCCCN2CC(=O)Nc2c(C)n[nH]c2C)n1C. The summed E-state index contributed by atoms with van der Waals surface area (Å²) >= 11 is 0. The van der Waals surface area contributed by atoms with E-state index in [0.717, 1.165) is 48.6 Å². The Morgan fingerprint density at radius 2 is 2.07 bits per heavy atom. The lowest BCUT2D eigenvalue weighted by Gasteiger charge is -2.35. The lowest BCUT2D eigenvalue weighted by Crippen LogP contribution is -2.40. The molecule has 0 bridgehead atoms. The molecular weight excluding hydrogens is 344 g/mol. The van der Waals surface area contributed by atoms with Crippen molar-refractivity contribution in [2.24, 2.45) is 7.05 Å². The van der Waals surface area contributed by atoms with Crippen LogP contribution in [0.3, 0.4) is 0 Å². The van der Waals surface area contributed by atoms with Crippen LogP contribution in [0, 0.1) is 13.8 Å². The normalized spacial score (nSPS) is 17.7. The van der Waals surface area contributed by atoms with Crippen LogP contribution in [0.4, 0.5) is 5.69 Å².